The summed E-state index contributed by atoms with van der Waals surface area (Å²) < 4.78 is 6.46. The first-order valence-electron chi connectivity index (χ1n) is 8.26. The summed E-state index contributed by atoms with van der Waals surface area (Å²) in [7, 11) is 0. The van der Waals surface area contributed by atoms with E-state index in [4.69, 9.17) is 16.3 Å². The van der Waals surface area contributed by atoms with Crippen LogP contribution in [0.15, 0.2) is 18.2 Å². The fourth-order valence-electron chi connectivity index (χ4n) is 2.20. The van der Waals surface area contributed by atoms with Gasteiger partial charge in [0.15, 0.2) is 18.1 Å². The van der Waals surface area contributed by atoms with Gasteiger partial charge in [0.05, 0.1) is 10.7 Å². The van der Waals surface area contributed by atoms with E-state index in [9.17, 15) is 14.4 Å². The molecule has 0 unspecified atom stereocenters. The minimum atomic E-state index is -0.882. The molecule has 0 saturated heterocycles. The average Bonchev–Trinajstić information content (AvgIpc) is 2.96. The molecule has 9 nitrogen and oxygen atoms in total. The van der Waals surface area contributed by atoms with Gasteiger partial charge in [0.2, 0.25) is 0 Å². The Kier molecular flexibility index (Phi) is 6.89. The van der Waals surface area contributed by atoms with Gasteiger partial charge in [-0.3, -0.25) is 10.1 Å². The maximum Gasteiger partial charge on any atom is 0.359 e. The number of aromatic nitrogens is 3. The van der Waals surface area contributed by atoms with Crippen molar-refractivity contribution >= 4 is 29.5 Å². The minimum Gasteiger partial charge on any atom is -0.451 e. The molecule has 2 rings (SSSR count). The number of nitrogens with zero attached hydrogens (tertiary/aromatic N) is 3. The van der Waals surface area contributed by atoms with Crippen LogP contribution in [-0.2, 0) is 9.53 Å². The van der Waals surface area contributed by atoms with Crippen LogP contribution >= 0.6 is 11.6 Å². The molecule has 2 aromatic heterocycles. The van der Waals surface area contributed by atoms with Crippen molar-refractivity contribution < 1.29 is 19.1 Å². The summed E-state index contributed by atoms with van der Waals surface area (Å²) in [6, 6.07) is 4.32. The Labute approximate surface area is 161 Å². The van der Waals surface area contributed by atoms with Crippen molar-refractivity contribution in [3.63, 3.8) is 0 Å². The van der Waals surface area contributed by atoms with Crippen molar-refractivity contribution in [3.05, 3.63) is 40.3 Å². The number of imide groups is 1. The molecule has 2 aromatic rings. The summed E-state index contributed by atoms with van der Waals surface area (Å²) in [6.07, 6.45) is 0.729. The number of carbonyl (C=O) groups excluding carboxylic acids is 3. The molecule has 0 saturated carbocycles. The highest BCUT2D eigenvalue weighted by molar-refractivity contribution is 6.33. The molecular formula is C17H20ClN5O4. The summed E-state index contributed by atoms with van der Waals surface area (Å²) in [5.74, 6) is -1.25. The Hall–Kier alpha value is -2.94. The van der Waals surface area contributed by atoms with Crippen LogP contribution in [0.25, 0.3) is 5.82 Å². The lowest BCUT2D eigenvalue weighted by Crippen LogP contribution is -2.41. The molecule has 0 aliphatic heterocycles. The third-order valence-electron chi connectivity index (χ3n) is 3.37. The summed E-state index contributed by atoms with van der Waals surface area (Å²) in [4.78, 5) is 39.4. The molecule has 3 amide bonds. The van der Waals surface area contributed by atoms with Crippen LogP contribution in [0, 0.1) is 13.8 Å². The zero-order valence-electron chi connectivity index (χ0n) is 15.2. The van der Waals surface area contributed by atoms with E-state index in [1.165, 1.54) is 6.07 Å². The Bertz CT molecular complexity index is 865. The minimum absolute atomic E-state index is 0.0754. The predicted octanol–water partition coefficient (Wildman–Crippen LogP) is 1.93. The number of amides is 3. The number of urea groups is 1. The number of nitrogens with one attached hydrogen (secondary N) is 2. The normalized spacial score (nSPS) is 10.4. The van der Waals surface area contributed by atoms with Crippen LogP contribution < -0.4 is 10.6 Å². The summed E-state index contributed by atoms with van der Waals surface area (Å²) in [5.41, 5.74) is 1.48. The van der Waals surface area contributed by atoms with Crippen LogP contribution in [0.1, 0.15) is 35.2 Å². The van der Waals surface area contributed by atoms with Gasteiger partial charge in [0.25, 0.3) is 5.91 Å². The molecule has 0 aliphatic carbocycles. The topological polar surface area (TPSA) is 115 Å². The molecule has 0 bridgehead atoms. The summed E-state index contributed by atoms with van der Waals surface area (Å²) in [5, 5.41) is 8.89. The summed E-state index contributed by atoms with van der Waals surface area (Å²) in [6.45, 7) is 5.35. The molecule has 0 spiro atoms. The largest absolute Gasteiger partial charge is 0.451 e. The van der Waals surface area contributed by atoms with E-state index in [1.54, 1.807) is 10.7 Å². The van der Waals surface area contributed by atoms with E-state index < -0.39 is 24.5 Å². The Morgan fingerprint density at radius 3 is 2.63 bits per heavy atom. The van der Waals surface area contributed by atoms with E-state index in [-0.39, 0.29) is 10.7 Å². The van der Waals surface area contributed by atoms with Gasteiger partial charge in [-0.05, 0) is 38.5 Å². The standard InChI is InChI=1S/C17H20ClN5O4/c1-4-7-19-17(26)21-14(24)9-27-16(25)15-12(18)5-6-13(20-15)23-11(3)8-10(2)22-23/h5-6,8H,4,7,9H2,1-3H3,(H2,19,21,24,26). The van der Waals surface area contributed by atoms with Crippen LogP contribution in [0.3, 0.4) is 0 Å². The smallest absolute Gasteiger partial charge is 0.359 e. The number of hydrogen-bond acceptors (Lipinski definition) is 6. The van der Waals surface area contributed by atoms with E-state index in [0.717, 1.165) is 17.8 Å². The maximum atomic E-state index is 12.2. The third-order valence-corrected chi connectivity index (χ3v) is 3.68. The molecule has 27 heavy (non-hydrogen) atoms. The maximum absolute atomic E-state index is 12.2. The zero-order valence-corrected chi connectivity index (χ0v) is 16.0. The fraction of sp³-hybridized carbons (Fsp3) is 0.353. The fourth-order valence-corrected chi connectivity index (χ4v) is 2.38. The molecule has 144 valence electrons. The number of rotatable bonds is 6. The van der Waals surface area contributed by atoms with Gasteiger partial charge in [0, 0.05) is 12.2 Å². The number of aryl methyl sites for hydroxylation is 2. The monoisotopic (exact) mass is 393 g/mol. The number of halogens is 1. The molecule has 0 radical (unpaired) electrons. The van der Waals surface area contributed by atoms with Crippen molar-refractivity contribution in [1.29, 1.82) is 0 Å². The van der Waals surface area contributed by atoms with Gasteiger partial charge < -0.3 is 10.1 Å². The number of pyridine rings is 1. The van der Waals surface area contributed by atoms with E-state index >= 15 is 0 Å². The molecule has 10 heteroatoms. The highest BCUT2D eigenvalue weighted by Crippen LogP contribution is 2.18. The first-order valence-corrected chi connectivity index (χ1v) is 8.64. The molecule has 2 heterocycles. The van der Waals surface area contributed by atoms with E-state index in [1.807, 2.05) is 32.2 Å². The van der Waals surface area contributed by atoms with Gasteiger partial charge >= 0.3 is 12.0 Å². The van der Waals surface area contributed by atoms with Gasteiger partial charge in [-0.1, -0.05) is 18.5 Å². The van der Waals surface area contributed by atoms with E-state index in [2.05, 4.69) is 15.4 Å². The first kappa shape index (κ1) is 20.4. The highest BCUT2D eigenvalue weighted by atomic mass is 35.5. The Balaban J connectivity index is 2.04. The third kappa shape index (κ3) is 5.52. The SMILES string of the molecule is CCCNC(=O)NC(=O)COC(=O)c1nc(-n2nc(C)cc2C)ccc1Cl. The Morgan fingerprint density at radius 1 is 1.26 bits per heavy atom. The lowest BCUT2D eigenvalue weighted by atomic mass is 10.3. The quantitative estimate of drug-likeness (QED) is 0.724. The molecule has 0 fully saturated rings. The number of esters is 1. The summed E-state index contributed by atoms with van der Waals surface area (Å²) >= 11 is 6.02. The van der Waals surface area contributed by atoms with Gasteiger partial charge in [-0.25, -0.2) is 19.3 Å². The van der Waals surface area contributed by atoms with Crippen molar-refractivity contribution in [3.8, 4) is 5.82 Å². The second-order valence-corrected chi connectivity index (χ2v) is 6.13. The van der Waals surface area contributed by atoms with Crippen molar-refractivity contribution in [2.75, 3.05) is 13.2 Å². The van der Waals surface area contributed by atoms with Crippen molar-refractivity contribution in [1.82, 2.24) is 25.4 Å². The van der Waals surface area contributed by atoms with Crippen molar-refractivity contribution in [2.45, 2.75) is 27.2 Å². The second kappa shape index (κ2) is 9.13. The zero-order chi connectivity index (χ0) is 20.0. The number of ether oxygens (including phenoxy) is 1. The first-order chi connectivity index (χ1) is 12.8. The lowest BCUT2D eigenvalue weighted by molar-refractivity contribution is -0.123. The molecule has 2 N–H and O–H groups in total. The number of carbonyl (C=O) groups is 3. The van der Waals surface area contributed by atoms with Gasteiger partial charge in [-0.2, -0.15) is 5.10 Å². The highest BCUT2D eigenvalue weighted by Gasteiger charge is 2.18. The molecule has 0 atom stereocenters. The van der Waals surface area contributed by atoms with Crippen LogP contribution in [0.4, 0.5) is 4.79 Å². The molecule has 0 aromatic carbocycles. The predicted molar refractivity (Wildman–Crippen MR) is 98.0 cm³/mol. The number of hydrogen-bond donors (Lipinski definition) is 2. The molecular weight excluding hydrogens is 374 g/mol. The lowest BCUT2D eigenvalue weighted by Gasteiger charge is -2.09. The van der Waals surface area contributed by atoms with Crippen LogP contribution in [0.5, 0.6) is 0 Å². The van der Waals surface area contributed by atoms with Gasteiger partial charge in [0.1, 0.15) is 0 Å². The molecule has 0 aliphatic rings. The van der Waals surface area contributed by atoms with Crippen LogP contribution in [0.2, 0.25) is 5.02 Å². The van der Waals surface area contributed by atoms with Gasteiger partial charge in [-0.15, -0.1) is 0 Å². The van der Waals surface area contributed by atoms with Crippen molar-refractivity contribution in [2.24, 2.45) is 0 Å². The second-order valence-electron chi connectivity index (χ2n) is 5.72. The van der Waals surface area contributed by atoms with Crippen LogP contribution in [-0.4, -0.2) is 45.8 Å². The average molecular weight is 394 g/mol. The van der Waals surface area contributed by atoms with E-state index in [0.29, 0.717) is 12.4 Å². The Morgan fingerprint density at radius 2 is 2.00 bits per heavy atom.